The number of nitrogens with one attached hydrogen (secondary N) is 1. The molecule has 0 bridgehead atoms. The molecule has 1 aromatic carbocycles. The first-order chi connectivity index (χ1) is 13.7. The second-order valence-corrected chi connectivity index (χ2v) is 6.99. The second kappa shape index (κ2) is 9.87. The van der Waals surface area contributed by atoms with Crippen LogP contribution in [0, 0.1) is 0 Å². The summed E-state index contributed by atoms with van der Waals surface area (Å²) in [5.41, 5.74) is 1.90. The minimum atomic E-state index is 0.176. The molecule has 0 aliphatic carbocycles. The lowest BCUT2D eigenvalue weighted by Crippen LogP contribution is -2.04. The molecule has 3 rings (SSSR count). The molecule has 2 N–H and O–H groups in total. The lowest BCUT2D eigenvalue weighted by Gasteiger charge is -2.05. The average molecular weight is 398 g/mol. The van der Waals surface area contributed by atoms with Gasteiger partial charge in [0.25, 0.3) is 0 Å². The van der Waals surface area contributed by atoms with Gasteiger partial charge in [0.05, 0.1) is 24.4 Å². The van der Waals surface area contributed by atoms with Crippen molar-refractivity contribution < 1.29 is 14.6 Å². The highest BCUT2D eigenvalue weighted by molar-refractivity contribution is 7.19. The number of aliphatic hydroxyl groups excluding tert-OH is 1. The van der Waals surface area contributed by atoms with Crippen LogP contribution in [0.15, 0.2) is 42.6 Å². The van der Waals surface area contributed by atoms with E-state index in [1.165, 1.54) is 0 Å². The molecule has 6 nitrogen and oxygen atoms in total. The Morgan fingerprint density at radius 3 is 2.61 bits per heavy atom. The maximum absolute atomic E-state index is 8.79. The summed E-state index contributed by atoms with van der Waals surface area (Å²) in [7, 11) is 3.25. The second-order valence-electron chi connectivity index (χ2n) is 5.93. The molecule has 3 aromatic rings. The number of methoxy groups -OCH3 is 2. The molecule has 28 heavy (non-hydrogen) atoms. The van der Waals surface area contributed by atoms with Gasteiger partial charge in [-0.2, -0.15) is 0 Å². The molecule has 2 heterocycles. The number of fused-ring (bicyclic) bond motifs is 1. The summed E-state index contributed by atoms with van der Waals surface area (Å²) in [6.45, 7) is 0.886. The normalized spacial score (nSPS) is 11.5. The van der Waals surface area contributed by atoms with E-state index in [1.54, 1.807) is 25.6 Å². The van der Waals surface area contributed by atoms with E-state index in [4.69, 9.17) is 14.6 Å². The third kappa shape index (κ3) is 5.09. The lowest BCUT2D eigenvalue weighted by atomic mass is 10.2. The van der Waals surface area contributed by atoms with Crippen LogP contribution in [-0.2, 0) is 0 Å². The van der Waals surface area contributed by atoms with Gasteiger partial charge in [0.2, 0.25) is 0 Å². The first-order valence-electron chi connectivity index (χ1n) is 8.91. The van der Waals surface area contributed by atoms with Crippen molar-refractivity contribution in [3.63, 3.8) is 0 Å². The molecule has 0 saturated carbocycles. The van der Waals surface area contributed by atoms with Gasteiger partial charge in [0.1, 0.15) is 10.8 Å². The molecule has 0 unspecified atom stereocenters. The van der Waals surface area contributed by atoms with Crippen molar-refractivity contribution >= 4 is 39.5 Å². The standard InChI is InChI=1S/C21H23N3O3S/c1-26-17-12-16-19(13-18(17)27-2)28-21(24-16)7-4-3-6-15-8-9-20(23-14-15)22-10-5-11-25/h3-4,6-9,12-14,25H,5,10-11H2,1-2H3,(H,22,23)/b6-3+,7-4+. The lowest BCUT2D eigenvalue weighted by molar-refractivity contribution is 0.292. The van der Waals surface area contributed by atoms with Crippen molar-refractivity contribution in [3.8, 4) is 11.5 Å². The Kier molecular flexibility index (Phi) is 7.00. The molecule has 0 radical (unpaired) electrons. The van der Waals surface area contributed by atoms with E-state index in [0.29, 0.717) is 24.5 Å². The fraction of sp³-hybridized carbons (Fsp3) is 0.238. The van der Waals surface area contributed by atoms with Crippen LogP contribution in [0.1, 0.15) is 17.0 Å². The summed E-state index contributed by atoms with van der Waals surface area (Å²) < 4.78 is 11.7. The Hall–Kier alpha value is -2.90. The molecule has 0 atom stereocenters. The van der Waals surface area contributed by atoms with Crippen molar-refractivity contribution in [2.45, 2.75) is 6.42 Å². The van der Waals surface area contributed by atoms with Crippen molar-refractivity contribution in [2.24, 2.45) is 0 Å². The van der Waals surface area contributed by atoms with E-state index in [2.05, 4.69) is 15.3 Å². The highest BCUT2D eigenvalue weighted by atomic mass is 32.1. The van der Waals surface area contributed by atoms with Gasteiger partial charge in [-0.15, -0.1) is 11.3 Å². The van der Waals surface area contributed by atoms with E-state index < -0.39 is 0 Å². The minimum absolute atomic E-state index is 0.176. The van der Waals surface area contributed by atoms with Crippen molar-refractivity contribution in [1.82, 2.24) is 9.97 Å². The minimum Gasteiger partial charge on any atom is -0.493 e. The summed E-state index contributed by atoms with van der Waals surface area (Å²) in [4.78, 5) is 8.96. The number of allylic oxidation sites excluding steroid dienone is 2. The number of aliphatic hydroxyl groups is 1. The van der Waals surface area contributed by atoms with Gasteiger partial charge in [-0.1, -0.05) is 18.2 Å². The van der Waals surface area contributed by atoms with Crippen LogP contribution in [0.25, 0.3) is 22.4 Å². The van der Waals surface area contributed by atoms with E-state index >= 15 is 0 Å². The molecule has 2 aromatic heterocycles. The number of nitrogens with zero attached hydrogens (tertiary/aromatic N) is 2. The number of hydrogen-bond donors (Lipinski definition) is 2. The Morgan fingerprint density at radius 1 is 1.11 bits per heavy atom. The van der Waals surface area contributed by atoms with Crippen molar-refractivity contribution in [1.29, 1.82) is 0 Å². The number of thiazole rings is 1. The van der Waals surface area contributed by atoms with Crippen LogP contribution < -0.4 is 14.8 Å². The Labute approximate surface area is 168 Å². The van der Waals surface area contributed by atoms with Gasteiger partial charge in [0, 0.05) is 31.5 Å². The third-order valence-electron chi connectivity index (χ3n) is 3.98. The number of rotatable bonds is 9. The molecular formula is C21H23N3O3S. The molecule has 0 aliphatic heterocycles. The molecule has 0 fully saturated rings. The van der Waals surface area contributed by atoms with E-state index in [9.17, 15) is 0 Å². The summed E-state index contributed by atoms with van der Waals surface area (Å²) >= 11 is 1.60. The monoisotopic (exact) mass is 397 g/mol. The highest BCUT2D eigenvalue weighted by Crippen LogP contribution is 2.34. The number of hydrogen-bond acceptors (Lipinski definition) is 7. The summed E-state index contributed by atoms with van der Waals surface area (Å²) in [5, 5.41) is 12.9. The van der Waals surface area contributed by atoms with Crippen LogP contribution >= 0.6 is 11.3 Å². The fourth-order valence-electron chi connectivity index (χ4n) is 2.55. The largest absolute Gasteiger partial charge is 0.493 e. The zero-order chi connectivity index (χ0) is 19.8. The molecular weight excluding hydrogens is 374 g/mol. The summed E-state index contributed by atoms with van der Waals surface area (Å²) in [6, 6.07) is 7.75. The van der Waals surface area contributed by atoms with Crippen LogP contribution in [-0.4, -0.2) is 42.4 Å². The third-order valence-corrected chi connectivity index (χ3v) is 4.96. The van der Waals surface area contributed by atoms with E-state index in [-0.39, 0.29) is 6.61 Å². The fourth-order valence-corrected chi connectivity index (χ4v) is 3.44. The van der Waals surface area contributed by atoms with Crippen molar-refractivity contribution in [2.75, 3.05) is 32.7 Å². The SMILES string of the molecule is COc1cc2nc(/C=C/C=C/c3ccc(NCCCO)nc3)sc2cc1OC. The van der Waals surface area contributed by atoms with Crippen LogP contribution in [0.3, 0.4) is 0 Å². The number of ether oxygens (including phenoxy) is 2. The van der Waals surface area contributed by atoms with Gasteiger partial charge in [-0.25, -0.2) is 9.97 Å². The number of pyridine rings is 1. The average Bonchev–Trinajstić information content (AvgIpc) is 3.13. The van der Waals surface area contributed by atoms with Gasteiger partial charge in [-0.3, -0.25) is 0 Å². The number of benzene rings is 1. The predicted molar refractivity (Wildman–Crippen MR) is 115 cm³/mol. The van der Waals surface area contributed by atoms with Gasteiger partial charge >= 0.3 is 0 Å². The van der Waals surface area contributed by atoms with Crippen molar-refractivity contribution in [3.05, 3.63) is 53.2 Å². The number of aromatic nitrogens is 2. The number of anilines is 1. The van der Waals surface area contributed by atoms with Gasteiger partial charge in [0.15, 0.2) is 11.5 Å². The smallest absolute Gasteiger partial charge is 0.162 e. The molecule has 0 aliphatic rings. The molecule has 146 valence electrons. The Balaban J connectivity index is 1.63. The van der Waals surface area contributed by atoms with E-state index in [1.807, 2.05) is 54.8 Å². The zero-order valence-corrected chi connectivity index (χ0v) is 16.7. The Morgan fingerprint density at radius 2 is 1.89 bits per heavy atom. The van der Waals surface area contributed by atoms with Crippen LogP contribution in [0.5, 0.6) is 11.5 Å². The first-order valence-corrected chi connectivity index (χ1v) is 9.73. The van der Waals surface area contributed by atoms with E-state index in [0.717, 1.165) is 26.6 Å². The summed E-state index contributed by atoms with van der Waals surface area (Å²) in [6.07, 6.45) is 10.4. The predicted octanol–water partition coefficient (Wildman–Crippen LogP) is 4.23. The molecule has 0 spiro atoms. The first kappa shape index (κ1) is 19.9. The zero-order valence-electron chi connectivity index (χ0n) is 15.9. The summed E-state index contributed by atoms with van der Waals surface area (Å²) in [5.74, 6) is 2.19. The highest BCUT2D eigenvalue weighted by Gasteiger charge is 2.09. The maximum atomic E-state index is 8.79. The molecule has 0 amide bonds. The Bertz CT molecular complexity index is 924. The quantitative estimate of drug-likeness (QED) is 0.416. The topological polar surface area (TPSA) is 76.5 Å². The van der Waals surface area contributed by atoms with Crippen LogP contribution in [0.2, 0.25) is 0 Å². The molecule has 7 heteroatoms. The molecule has 0 saturated heterocycles. The maximum Gasteiger partial charge on any atom is 0.162 e. The van der Waals surface area contributed by atoms with Crippen LogP contribution in [0.4, 0.5) is 5.82 Å². The van der Waals surface area contributed by atoms with Gasteiger partial charge in [-0.05, 0) is 30.2 Å². The van der Waals surface area contributed by atoms with Gasteiger partial charge < -0.3 is 19.9 Å².